The molecule has 1 aromatic heterocycles. The van der Waals surface area contributed by atoms with Crippen LogP contribution in [-0.2, 0) is 16.6 Å². The lowest BCUT2D eigenvalue weighted by Gasteiger charge is -2.36. The number of nitrogens with one attached hydrogen (secondary N) is 1. The second-order valence-electron chi connectivity index (χ2n) is 6.37. The molecule has 0 radical (unpaired) electrons. The van der Waals surface area contributed by atoms with Crippen LogP contribution in [0.15, 0.2) is 36.5 Å². The maximum Gasteiger partial charge on any atom is 0.211 e. The van der Waals surface area contributed by atoms with Gasteiger partial charge in [0.05, 0.1) is 11.8 Å². The van der Waals surface area contributed by atoms with Crippen LogP contribution in [0.25, 0.3) is 10.9 Å². The monoisotopic (exact) mass is 333 g/mol. The van der Waals surface area contributed by atoms with Gasteiger partial charge < -0.3 is 5.32 Å². The summed E-state index contributed by atoms with van der Waals surface area (Å²) < 4.78 is 24.9. The van der Waals surface area contributed by atoms with Gasteiger partial charge in [-0.1, -0.05) is 31.2 Å². The molecule has 1 aliphatic rings. The van der Waals surface area contributed by atoms with Crippen LogP contribution < -0.4 is 5.32 Å². The molecule has 0 unspecified atom stereocenters. The van der Waals surface area contributed by atoms with E-state index in [9.17, 15) is 8.42 Å². The molecular weight excluding hydrogens is 310 g/mol. The summed E-state index contributed by atoms with van der Waals surface area (Å²) in [6.07, 6.45) is 3.95. The number of piperidine rings is 1. The van der Waals surface area contributed by atoms with Crippen molar-refractivity contribution in [3.05, 3.63) is 42.1 Å². The number of nitrogens with zero attached hydrogens (tertiary/aromatic N) is 2. The van der Waals surface area contributed by atoms with Crippen molar-refractivity contribution in [3.63, 3.8) is 0 Å². The SMILES string of the molecule is C[C@H]1CN(S(C)(=O)=O)CC[C@H]1NCc1cccc2cccnc12. The van der Waals surface area contributed by atoms with Crippen LogP contribution >= 0.6 is 0 Å². The number of aromatic nitrogens is 1. The van der Waals surface area contributed by atoms with E-state index in [-0.39, 0.29) is 0 Å². The zero-order valence-corrected chi connectivity index (χ0v) is 14.4. The molecule has 1 aliphatic heterocycles. The van der Waals surface area contributed by atoms with E-state index in [0.717, 1.165) is 23.9 Å². The molecule has 1 aromatic carbocycles. The lowest BCUT2D eigenvalue weighted by atomic mass is 9.95. The van der Waals surface area contributed by atoms with Gasteiger partial charge in [0.1, 0.15) is 0 Å². The van der Waals surface area contributed by atoms with Gasteiger partial charge in [-0.15, -0.1) is 0 Å². The van der Waals surface area contributed by atoms with Crippen molar-refractivity contribution < 1.29 is 8.42 Å². The van der Waals surface area contributed by atoms with Gasteiger partial charge in [0.25, 0.3) is 0 Å². The average molecular weight is 333 g/mol. The molecule has 2 aromatic rings. The first-order valence-corrected chi connectivity index (χ1v) is 9.81. The molecular formula is C17H23N3O2S. The fraction of sp³-hybridized carbons (Fsp3) is 0.471. The highest BCUT2D eigenvalue weighted by Gasteiger charge is 2.30. The van der Waals surface area contributed by atoms with Crippen LogP contribution in [0.2, 0.25) is 0 Å². The maximum absolute atomic E-state index is 11.7. The summed E-state index contributed by atoms with van der Waals surface area (Å²) >= 11 is 0. The summed E-state index contributed by atoms with van der Waals surface area (Å²) in [5.74, 6) is 0.293. The smallest absolute Gasteiger partial charge is 0.211 e. The van der Waals surface area contributed by atoms with Crippen molar-refractivity contribution in [1.82, 2.24) is 14.6 Å². The number of hydrogen-bond donors (Lipinski definition) is 1. The molecule has 124 valence electrons. The number of para-hydroxylation sites is 1. The van der Waals surface area contributed by atoms with Gasteiger partial charge in [0.15, 0.2) is 0 Å². The quantitative estimate of drug-likeness (QED) is 0.929. The summed E-state index contributed by atoms with van der Waals surface area (Å²) in [4.78, 5) is 4.48. The summed E-state index contributed by atoms with van der Waals surface area (Å²) in [5, 5.41) is 4.74. The molecule has 1 N–H and O–H groups in total. The molecule has 1 fully saturated rings. The third-order valence-corrected chi connectivity index (χ3v) is 5.88. The Kier molecular flexibility index (Phi) is 4.66. The van der Waals surface area contributed by atoms with Crippen molar-refractivity contribution >= 4 is 20.9 Å². The first kappa shape index (κ1) is 16.4. The molecule has 0 amide bonds. The molecule has 0 bridgehead atoms. The van der Waals surface area contributed by atoms with Gasteiger partial charge in [0, 0.05) is 37.3 Å². The van der Waals surface area contributed by atoms with Gasteiger partial charge in [0.2, 0.25) is 10.0 Å². The van der Waals surface area contributed by atoms with Crippen LogP contribution in [0.3, 0.4) is 0 Å². The third-order valence-electron chi connectivity index (χ3n) is 4.61. The fourth-order valence-corrected chi connectivity index (χ4v) is 4.21. The van der Waals surface area contributed by atoms with Crippen molar-refractivity contribution in [1.29, 1.82) is 0 Å². The Morgan fingerprint density at radius 2 is 2.09 bits per heavy atom. The number of pyridine rings is 1. The van der Waals surface area contributed by atoms with Crippen LogP contribution in [0.1, 0.15) is 18.9 Å². The van der Waals surface area contributed by atoms with Crippen LogP contribution in [0.4, 0.5) is 0 Å². The van der Waals surface area contributed by atoms with E-state index in [1.54, 1.807) is 4.31 Å². The first-order chi connectivity index (χ1) is 10.9. The van der Waals surface area contributed by atoms with Gasteiger partial charge in [-0.25, -0.2) is 12.7 Å². The topological polar surface area (TPSA) is 62.3 Å². The van der Waals surface area contributed by atoms with Crippen LogP contribution in [0.5, 0.6) is 0 Å². The molecule has 3 rings (SSSR count). The molecule has 6 heteroatoms. The summed E-state index contributed by atoms with van der Waals surface area (Å²) in [6, 6.07) is 10.6. The van der Waals surface area contributed by atoms with Crippen molar-refractivity contribution in [2.24, 2.45) is 5.92 Å². The van der Waals surface area contributed by atoms with Gasteiger partial charge in [-0.05, 0) is 24.0 Å². The maximum atomic E-state index is 11.7. The molecule has 23 heavy (non-hydrogen) atoms. The minimum absolute atomic E-state index is 0.293. The number of sulfonamides is 1. The first-order valence-electron chi connectivity index (χ1n) is 7.96. The lowest BCUT2D eigenvalue weighted by Crippen LogP contribution is -2.49. The number of fused-ring (bicyclic) bond motifs is 1. The Hall–Kier alpha value is -1.50. The van der Waals surface area contributed by atoms with E-state index in [1.165, 1.54) is 11.8 Å². The van der Waals surface area contributed by atoms with Crippen molar-refractivity contribution in [3.8, 4) is 0 Å². The molecule has 5 nitrogen and oxygen atoms in total. The molecule has 0 saturated carbocycles. The van der Waals surface area contributed by atoms with E-state index in [4.69, 9.17) is 0 Å². The van der Waals surface area contributed by atoms with Crippen LogP contribution in [-0.4, -0.2) is 43.1 Å². The molecule has 2 heterocycles. The molecule has 0 spiro atoms. The Morgan fingerprint density at radius 3 is 2.83 bits per heavy atom. The Balaban J connectivity index is 1.67. The third kappa shape index (κ3) is 3.71. The summed E-state index contributed by atoms with van der Waals surface area (Å²) in [6.45, 7) is 4.04. The predicted molar refractivity (Wildman–Crippen MR) is 92.6 cm³/mol. The number of rotatable bonds is 4. The fourth-order valence-electron chi connectivity index (χ4n) is 3.26. The highest BCUT2D eigenvalue weighted by atomic mass is 32.2. The van der Waals surface area contributed by atoms with Crippen molar-refractivity contribution in [2.75, 3.05) is 19.3 Å². The standard InChI is InChI=1S/C17H23N3O2S/c1-13-12-20(23(2,21)22)10-8-16(13)19-11-15-6-3-5-14-7-4-9-18-17(14)15/h3-7,9,13,16,19H,8,10-12H2,1-2H3/t13-,16+/m0/s1. The second-order valence-corrected chi connectivity index (χ2v) is 8.35. The van der Waals surface area contributed by atoms with E-state index < -0.39 is 10.0 Å². The minimum atomic E-state index is -3.08. The minimum Gasteiger partial charge on any atom is -0.309 e. The predicted octanol–water partition coefficient (Wildman–Crippen LogP) is 1.99. The van der Waals surface area contributed by atoms with Crippen LogP contribution in [0, 0.1) is 5.92 Å². The Labute approximate surface area is 137 Å². The zero-order valence-electron chi connectivity index (χ0n) is 13.6. The lowest BCUT2D eigenvalue weighted by molar-refractivity contribution is 0.220. The van der Waals surface area contributed by atoms with Crippen molar-refractivity contribution in [2.45, 2.75) is 25.9 Å². The summed E-state index contributed by atoms with van der Waals surface area (Å²) in [7, 11) is -3.08. The number of hydrogen-bond acceptors (Lipinski definition) is 4. The molecule has 2 atom stereocenters. The van der Waals surface area contributed by atoms with E-state index in [0.29, 0.717) is 25.0 Å². The molecule has 1 saturated heterocycles. The zero-order chi connectivity index (χ0) is 16.4. The van der Waals surface area contributed by atoms with E-state index in [1.807, 2.05) is 12.3 Å². The Bertz CT molecular complexity index is 786. The largest absolute Gasteiger partial charge is 0.309 e. The molecule has 0 aliphatic carbocycles. The normalized spacial score (nSPS) is 23.2. The van der Waals surface area contributed by atoms with Gasteiger partial charge in [-0.3, -0.25) is 4.98 Å². The van der Waals surface area contributed by atoms with E-state index >= 15 is 0 Å². The van der Waals surface area contributed by atoms with E-state index in [2.05, 4.69) is 41.5 Å². The summed E-state index contributed by atoms with van der Waals surface area (Å²) in [5.41, 5.74) is 2.21. The second kappa shape index (κ2) is 6.55. The highest BCUT2D eigenvalue weighted by molar-refractivity contribution is 7.88. The number of benzene rings is 1. The van der Waals surface area contributed by atoms with Gasteiger partial charge in [-0.2, -0.15) is 0 Å². The Morgan fingerprint density at radius 1 is 1.30 bits per heavy atom. The van der Waals surface area contributed by atoms with Gasteiger partial charge >= 0.3 is 0 Å². The average Bonchev–Trinajstić information content (AvgIpc) is 2.53. The highest BCUT2D eigenvalue weighted by Crippen LogP contribution is 2.21.